The zero-order valence-electron chi connectivity index (χ0n) is 19.7. The van der Waals surface area contributed by atoms with E-state index >= 15 is 0 Å². The lowest BCUT2D eigenvalue weighted by atomic mass is 9.81. The van der Waals surface area contributed by atoms with Gasteiger partial charge in [0.25, 0.3) is 0 Å². The summed E-state index contributed by atoms with van der Waals surface area (Å²) in [4.78, 5) is 27.5. The molecule has 1 atom stereocenters. The van der Waals surface area contributed by atoms with Gasteiger partial charge in [0.05, 0.1) is 17.7 Å². The van der Waals surface area contributed by atoms with Gasteiger partial charge >= 0.3 is 12.1 Å². The Morgan fingerprint density at radius 1 is 0.973 bits per heavy atom. The molecule has 0 saturated carbocycles. The van der Waals surface area contributed by atoms with Gasteiger partial charge < -0.3 is 9.64 Å². The van der Waals surface area contributed by atoms with Crippen LogP contribution in [0.2, 0.25) is 0 Å². The van der Waals surface area contributed by atoms with Crippen molar-refractivity contribution in [2.75, 3.05) is 0 Å². The highest BCUT2D eigenvalue weighted by Gasteiger charge is 2.42. The number of hydrogen-bond donors (Lipinski definition) is 0. The van der Waals surface area contributed by atoms with Gasteiger partial charge in [-0.1, -0.05) is 60.7 Å². The van der Waals surface area contributed by atoms with E-state index in [1.54, 1.807) is 30.3 Å². The van der Waals surface area contributed by atoms with Gasteiger partial charge in [0.2, 0.25) is 5.91 Å². The molecule has 4 nitrogen and oxygen atoms in total. The lowest BCUT2D eigenvalue weighted by Gasteiger charge is -2.35. The molecule has 0 aromatic heterocycles. The normalized spacial score (nSPS) is 16.2. The quantitative estimate of drug-likeness (QED) is 0.278. The number of esters is 1. The minimum Gasteiger partial charge on any atom is -0.457 e. The van der Waals surface area contributed by atoms with Crippen LogP contribution in [0.5, 0.6) is 0 Å². The maximum absolute atomic E-state index is 14.4. The molecule has 3 aromatic carbocycles. The first kappa shape index (κ1) is 26.1. The number of ether oxygens (including phenoxy) is 1. The first-order valence-corrected chi connectivity index (χ1v) is 11.4. The molecule has 0 fully saturated rings. The Bertz CT molecular complexity index is 1350. The summed E-state index contributed by atoms with van der Waals surface area (Å²) < 4.78 is 75.1. The fourth-order valence-electron chi connectivity index (χ4n) is 4.43. The number of alkyl halides is 3. The highest BCUT2D eigenvalue weighted by molar-refractivity contribution is 5.96. The smallest absolute Gasteiger partial charge is 0.416 e. The van der Waals surface area contributed by atoms with Crippen LogP contribution >= 0.6 is 0 Å². The second kappa shape index (κ2) is 10.5. The van der Waals surface area contributed by atoms with Gasteiger partial charge in [0.1, 0.15) is 6.61 Å². The van der Waals surface area contributed by atoms with Crippen molar-refractivity contribution in [3.63, 3.8) is 0 Å². The third kappa shape index (κ3) is 5.55. The van der Waals surface area contributed by atoms with E-state index in [1.165, 1.54) is 37.3 Å². The summed E-state index contributed by atoms with van der Waals surface area (Å²) in [6, 6.07) is 16.9. The van der Waals surface area contributed by atoms with Gasteiger partial charge in [0.15, 0.2) is 11.6 Å². The van der Waals surface area contributed by atoms with Crippen LogP contribution in [-0.4, -0.2) is 16.8 Å². The maximum Gasteiger partial charge on any atom is 0.416 e. The molecule has 1 aliphatic rings. The monoisotopic (exact) mass is 515 g/mol. The number of benzene rings is 3. The largest absolute Gasteiger partial charge is 0.457 e. The van der Waals surface area contributed by atoms with Crippen molar-refractivity contribution in [1.82, 2.24) is 4.90 Å². The van der Waals surface area contributed by atoms with Crippen LogP contribution < -0.4 is 0 Å². The Morgan fingerprint density at radius 2 is 1.65 bits per heavy atom. The minimum absolute atomic E-state index is 0.0138. The van der Waals surface area contributed by atoms with Crippen LogP contribution in [0.1, 0.15) is 41.5 Å². The second-order valence-electron chi connectivity index (χ2n) is 8.60. The van der Waals surface area contributed by atoms with Gasteiger partial charge in [-0.15, -0.1) is 0 Å². The molecule has 192 valence electrons. The van der Waals surface area contributed by atoms with E-state index in [-0.39, 0.29) is 29.0 Å². The SMILES string of the molecule is CC1=C(C(=O)OCc2ccccc2)[C@@H](c2ccccc2C(F)(F)F)CC(=O)N1Cc1cccc(F)c1F. The van der Waals surface area contributed by atoms with Crippen LogP contribution in [0.3, 0.4) is 0 Å². The average molecular weight is 515 g/mol. The van der Waals surface area contributed by atoms with Crippen LogP contribution in [0.25, 0.3) is 0 Å². The van der Waals surface area contributed by atoms with Crippen molar-refractivity contribution in [2.45, 2.75) is 38.6 Å². The van der Waals surface area contributed by atoms with E-state index in [0.29, 0.717) is 5.56 Å². The summed E-state index contributed by atoms with van der Waals surface area (Å²) in [5.41, 5.74) is -0.834. The summed E-state index contributed by atoms with van der Waals surface area (Å²) in [5.74, 6) is -5.05. The van der Waals surface area contributed by atoms with Crippen molar-refractivity contribution in [3.8, 4) is 0 Å². The van der Waals surface area contributed by atoms with Crippen molar-refractivity contribution < 1.29 is 36.3 Å². The molecular formula is C28H22F5NO3. The Hall–Kier alpha value is -4.01. The highest BCUT2D eigenvalue weighted by atomic mass is 19.4. The molecule has 1 heterocycles. The number of rotatable bonds is 6. The Labute approximate surface area is 210 Å². The van der Waals surface area contributed by atoms with Gasteiger partial charge in [-0.2, -0.15) is 13.2 Å². The number of carbonyl (C=O) groups is 2. The van der Waals surface area contributed by atoms with Crippen LogP contribution in [0.15, 0.2) is 84.1 Å². The summed E-state index contributed by atoms with van der Waals surface area (Å²) in [6.45, 7) is 0.838. The molecule has 0 unspecified atom stereocenters. The first-order chi connectivity index (χ1) is 17.6. The zero-order chi connectivity index (χ0) is 26.7. The van der Waals surface area contributed by atoms with E-state index in [4.69, 9.17) is 4.74 Å². The maximum atomic E-state index is 14.4. The van der Waals surface area contributed by atoms with E-state index < -0.39 is 54.1 Å². The molecular weight excluding hydrogens is 493 g/mol. The zero-order valence-corrected chi connectivity index (χ0v) is 19.7. The lowest BCUT2D eigenvalue weighted by Crippen LogP contribution is -2.38. The first-order valence-electron chi connectivity index (χ1n) is 11.4. The van der Waals surface area contributed by atoms with E-state index in [0.717, 1.165) is 17.0 Å². The van der Waals surface area contributed by atoms with Crippen molar-refractivity contribution in [2.24, 2.45) is 0 Å². The van der Waals surface area contributed by atoms with E-state index in [1.807, 2.05) is 0 Å². The molecule has 37 heavy (non-hydrogen) atoms. The van der Waals surface area contributed by atoms with Gasteiger partial charge in [-0.05, 0) is 30.2 Å². The highest BCUT2D eigenvalue weighted by Crippen LogP contribution is 2.43. The van der Waals surface area contributed by atoms with Crippen LogP contribution in [0, 0.1) is 11.6 Å². The fourth-order valence-corrected chi connectivity index (χ4v) is 4.43. The third-order valence-electron chi connectivity index (χ3n) is 6.26. The summed E-state index contributed by atoms with van der Waals surface area (Å²) in [6.07, 6.45) is -5.22. The lowest BCUT2D eigenvalue weighted by molar-refractivity contribution is -0.143. The van der Waals surface area contributed by atoms with Crippen molar-refractivity contribution >= 4 is 11.9 Å². The summed E-state index contributed by atoms with van der Waals surface area (Å²) in [5, 5.41) is 0. The molecule has 0 bridgehead atoms. The van der Waals surface area contributed by atoms with Crippen molar-refractivity contribution in [3.05, 3.63) is 118 Å². The molecule has 0 radical (unpaired) electrons. The minimum atomic E-state index is -4.73. The third-order valence-corrected chi connectivity index (χ3v) is 6.26. The molecule has 1 amide bonds. The topological polar surface area (TPSA) is 46.6 Å². The van der Waals surface area contributed by atoms with E-state index in [2.05, 4.69) is 0 Å². The number of carbonyl (C=O) groups excluding carboxylic acids is 2. The van der Waals surface area contributed by atoms with Crippen LogP contribution in [-0.2, 0) is 33.7 Å². The van der Waals surface area contributed by atoms with Crippen molar-refractivity contribution in [1.29, 1.82) is 0 Å². The molecule has 3 aromatic rings. The molecule has 0 N–H and O–H groups in total. The standard InChI is InChI=1S/C28H22F5NO3/c1-17-25(27(36)37-16-18-8-3-2-4-9-18)21(20-11-5-6-12-22(20)28(31,32)33)14-24(35)34(17)15-19-10-7-13-23(29)26(19)30/h2-13,21H,14-16H2,1H3/t21-/m1/s1. The molecule has 1 aliphatic heterocycles. The Kier molecular flexibility index (Phi) is 7.42. The summed E-state index contributed by atoms with van der Waals surface area (Å²) in [7, 11) is 0. The number of nitrogens with zero attached hydrogens (tertiary/aromatic N) is 1. The Balaban J connectivity index is 1.78. The molecule has 0 aliphatic carbocycles. The second-order valence-corrected chi connectivity index (χ2v) is 8.60. The summed E-state index contributed by atoms with van der Waals surface area (Å²) >= 11 is 0. The van der Waals surface area contributed by atoms with E-state index in [9.17, 15) is 31.5 Å². The predicted molar refractivity (Wildman–Crippen MR) is 125 cm³/mol. The number of allylic oxidation sites excluding steroid dienone is 1. The van der Waals surface area contributed by atoms with Gasteiger partial charge in [-0.3, -0.25) is 4.79 Å². The molecule has 9 heteroatoms. The Morgan fingerprint density at radius 3 is 2.35 bits per heavy atom. The number of amides is 1. The molecule has 4 rings (SSSR count). The molecule has 0 saturated heterocycles. The number of halogens is 5. The van der Waals surface area contributed by atoms with Crippen LogP contribution in [0.4, 0.5) is 22.0 Å². The average Bonchev–Trinajstić information content (AvgIpc) is 2.87. The number of hydrogen-bond acceptors (Lipinski definition) is 3. The van der Waals surface area contributed by atoms with Gasteiger partial charge in [0, 0.05) is 23.6 Å². The predicted octanol–water partition coefficient (Wildman–Crippen LogP) is 6.52. The fraction of sp³-hybridized carbons (Fsp3) is 0.214. The van der Waals surface area contributed by atoms with Gasteiger partial charge in [-0.25, -0.2) is 13.6 Å². The molecule has 0 spiro atoms.